The van der Waals surface area contributed by atoms with Crippen LogP contribution in [0, 0.1) is 23.2 Å². The second-order valence-electron chi connectivity index (χ2n) is 14.2. The number of nitrogens with two attached hydrogens (primary N) is 1. The van der Waals surface area contributed by atoms with Gasteiger partial charge in [-0.2, -0.15) is 0 Å². The standard InChI is InChI=1S/C35H59N7/c1-5-27(4)33-25-42(35(37)40(33)20-11-17-28-13-9-10-14-28)32(26(2)3)24-39-19-12-18-30(39)23-41-31(22-38-34(41)36)21-29-15-7-6-8-16-29/h6-8,15-16,26-28,30-33,37H,5,9-14,17-25H2,1-4H3,(H2,36,38)/t27-,30+,31+,32+,33+/m1/s1. The van der Waals surface area contributed by atoms with Gasteiger partial charge in [-0.3, -0.25) is 15.3 Å². The fraction of sp³-hybridized carbons (Fsp3) is 0.771. The van der Waals surface area contributed by atoms with Crippen molar-refractivity contribution in [1.82, 2.24) is 19.6 Å². The summed E-state index contributed by atoms with van der Waals surface area (Å²) >= 11 is 0. The van der Waals surface area contributed by atoms with E-state index in [0.29, 0.717) is 42.0 Å². The molecular formula is C35H59N7. The van der Waals surface area contributed by atoms with E-state index >= 15 is 0 Å². The van der Waals surface area contributed by atoms with Gasteiger partial charge in [-0.25, -0.2) is 0 Å². The smallest absolute Gasteiger partial charge is 0.194 e. The van der Waals surface area contributed by atoms with Crippen LogP contribution in [-0.2, 0) is 6.42 Å². The van der Waals surface area contributed by atoms with E-state index in [2.05, 4.69) is 82.6 Å². The largest absolute Gasteiger partial charge is 0.370 e. The molecule has 0 bridgehead atoms. The van der Waals surface area contributed by atoms with Crippen molar-refractivity contribution in [3.8, 4) is 0 Å². The molecule has 234 valence electrons. The fourth-order valence-corrected chi connectivity index (χ4v) is 8.24. The van der Waals surface area contributed by atoms with Gasteiger partial charge in [0, 0.05) is 38.3 Å². The van der Waals surface area contributed by atoms with Gasteiger partial charge in [0.15, 0.2) is 11.9 Å². The molecular weight excluding hydrogens is 518 g/mol. The Labute approximate surface area is 256 Å². The van der Waals surface area contributed by atoms with E-state index in [4.69, 9.17) is 5.73 Å². The summed E-state index contributed by atoms with van der Waals surface area (Å²) in [7, 11) is 0. The molecule has 5 rings (SSSR count). The minimum Gasteiger partial charge on any atom is -0.370 e. The summed E-state index contributed by atoms with van der Waals surface area (Å²) in [6.07, 6.45) is 12.9. The van der Waals surface area contributed by atoms with Crippen molar-refractivity contribution in [2.45, 2.75) is 116 Å². The number of nitrogens with one attached hydrogen (secondary N) is 1. The molecule has 0 unspecified atom stereocenters. The molecule has 3 heterocycles. The van der Waals surface area contributed by atoms with Crippen molar-refractivity contribution in [2.24, 2.45) is 28.5 Å². The van der Waals surface area contributed by atoms with Gasteiger partial charge in [0.2, 0.25) is 0 Å². The van der Waals surface area contributed by atoms with Crippen molar-refractivity contribution in [1.29, 1.82) is 5.41 Å². The third-order valence-electron chi connectivity index (χ3n) is 11.1. The van der Waals surface area contributed by atoms with Gasteiger partial charge in [0.1, 0.15) is 0 Å². The number of aliphatic imine (C=N–C) groups is 1. The lowest BCUT2D eigenvalue weighted by Gasteiger charge is -2.39. The monoisotopic (exact) mass is 577 g/mol. The molecule has 5 atom stereocenters. The van der Waals surface area contributed by atoms with Crippen LogP contribution in [0.3, 0.4) is 0 Å². The molecule has 3 N–H and O–H groups in total. The van der Waals surface area contributed by atoms with Crippen LogP contribution in [0.5, 0.6) is 0 Å². The number of likely N-dealkylation sites (tertiary alicyclic amines) is 1. The first-order valence-corrected chi connectivity index (χ1v) is 17.3. The molecule has 42 heavy (non-hydrogen) atoms. The van der Waals surface area contributed by atoms with Crippen molar-refractivity contribution >= 4 is 11.9 Å². The van der Waals surface area contributed by atoms with Gasteiger partial charge in [-0.15, -0.1) is 0 Å². The lowest BCUT2D eigenvalue weighted by atomic mass is 9.96. The summed E-state index contributed by atoms with van der Waals surface area (Å²) < 4.78 is 0. The Kier molecular flexibility index (Phi) is 10.7. The first kappa shape index (κ1) is 31.2. The van der Waals surface area contributed by atoms with Gasteiger partial charge < -0.3 is 20.4 Å². The second kappa shape index (κ2) is 14.5. The van der Waals surface area contributed by atoms with E-state index in [-0.39, 0.29) is 0 Å². The van der Waals surface area contributed by atoms with Gasteiger partial charge in [0.25, 0.3) is 0 Å². The van der Waals surface area contributed by atoms with Crippen LogP contribution in [0.25, 0.3) is 0 Å². The fourth-order valence-electron chi connectivity index (χ4n) is 8.24. The van der Waals surface area contributed by atoms with Gasteiger partial charge in [-0.1, -0.05) is 90.1 Å². The van der Waals surface area contributed by atoms with E-state index < -0.39 is 0 Å². The van der Waals surface area contributed by atoms with E-state index in [1.54, 1.807) is 0 Å². The van der Waals surface area contributed by atoms with Gasteiger partial charge in [0.05, 0.1) is 18.6 Å². The van der Waals surface area contributed by atoms with Crippen molar-refractivity contribution in [3.63, 3.8) is 0 Å². The minimum atomic E-state index is 0.344. The summed E-state index contributed by atoms with van der Waals surface area (Å²) in [6, 6.07) is 12.4. The first-order chi connectivity index (χ1) is 20.4. The summed E-state index contributed by atoms with van der Waals surface area (Å²) in [5.74, 6) is 3.53. The number of guanidine groups is 2. The summed E-state index contributed by atoms with van der Waals surface area (Å²) in [5.41, 5.74) is 7.84. The predicted molar refractivity (Wildman–Crippen MR) is 176 cm³/mol. The normalized spacial score (nSPS) is 27.1. The molecule has 1 aromatic carbocycles. The zero-order valence-corrected chi connectivity index (χ0v) is 27.1. The Hall–Kier alpha value is -2.28. The molecule has 1 aliphatic carbocycles. The van der Waals surface area contributed by atoms with Crippen LogP contribution in [0.1, 0.15) is 91.0 Å². The SMILES string of the molecule is CC[C@@H](C)[C@@H]1CN([C@@H](CN2CCC[C@H]2CN2C(N)=NC[C@@H]2Cc2ccccc2)C(C)C)C(=N)N1CCCC1CCCC1. The topological polar surface area (TPSA) is 75.2 Å². The van der Waals surface area contributed by atoms with Crippen LogP contribution < -0.4 is 5.73 Å². The lowest BCUT2D eigenvalue weighted by Crippen LogP contribution is -2.53. The maximum atomic E-state index is 9.43. The van der Waals surface area contributed by atoms with Gasteiger partial charge in [-0.05, 0) is 62.0 Å². The molecule has 7 nitrogen and oxygen atoms in total. The van der Waals surface area contributed by atoms with Crippen LogP contribution in [0.15, 0.2) is 35.3 Å². The number of nitrogens with zero attached hydrogens (tertiary/aromatic N) is 5. The molecule has 1 aromatic rings. The molecule has 0 spiro atoms. The maximum absolute atomic E-state index is 9.43. The molecule has 2 saturated heterocycles. The first-order valence-electron chi connectivity index (χ1n) is 17.3. The molecule has 4 aliphatic rings. The summed E-state index contributed by atoms with van der Waals surface area (Å²) in [4.78, 5) is 14.8. The average Bonchev–Trinajstić information content (AvgIpc) is 3.79. The third-order valence-corrected chi connectivity index (χ3v) is 11.1. The number of rotatable bonds is 14. The highest BCUT2D eigenvalue weighted by Gasteiger charge is 2.42. The quantitative estimate of drug-likeness (QED) is 0.299. The van der Waals surface area contributed by atoms with Crippen LogP contribution in [0.2, 0.25) is 0 Å². The predicted octanol–water partition coefficient (Wildman–Crippen LogP) is 5.65. The highest BCUT2D eigenvalue weighted by molar-refractivity contribution is 5.80. The highest BCUT2D eigenvalue weighted by Crippen LogP contribution is 2.32. The van der Waals surface area contributed by atoms with Crippen molar-refractivity contribution in [3.05, 3.63) is 35.9 Å². The van der Waals surface area contributed by atoms with E-state index in [1.807, 2.05) is 0 Å². The zero-order valence-electron chi connectivity index (χ0n) is 27.1. The maximum Gasteiger partial charge on any atom is 0.194 e. The van der Waals surface area contributed by atoms with Crippen LogP contribution >= 0.6 is 0 Å². The molecule has 0 radical (unpaired) electrons. The molecule has 3 aliphatic heterocycles. The summed E-state index contributed by atoms with van der Waals surface area (Å²) in [5, 5.41) is 9.43. The highest BCUT2D eigenvalue weighted by atomic mass is 15.5. The van der Waals surface area contributed by atoms with Crippen molar-refractivity contribution in [2.75, 3.05) is 39.3 Å². The number of benzene rings is 1. The molecule has 0 amide bonds. The number of hydrogen-bond acceptors (Lipinski definition) is 5. The Balaban J connectivity index is 1.23. The second-order valence-corrected chi connectivity index (χ2v) is 14.2. The Morgan fingerprint density at radius 1 is 1.00 bits per heavy atom. The Morgan fingerprint density at radius 2 is 1.76 bits per heavy atom. The van der Waals surface area contributed by atoms with E-state index in [0.717, 1.165) is 57.6 Å². The zero-order chi connectivity index (χ0) is 29.6. The lowest BCUT2D eigenvalue weighted by molar-refractivity contribution is 0.134. The summed E-state index contributed by atoms with van der Waals surface area (Å²) in [6.45, 7) is 15.4. The number of hydrogen-bond donors (Lipinski definition) is 2. The molecule has 0 aromatic heterocycles. The van der Waals surface area contributed by atoms with E-state index in [1.165, 1.54) is 63.4 Å². The van der Waals surface area contributed by atoms with Crippen LogP contribution in [-0.4, -0.2) is 95.0 Å². The molecule has 7 heteroatoms. The Morgan fingerprint density at radius 3 is 2.48 bits per heavy atom. The van der Waals surface area contributed by atoms with Crippen molar-refractivity contribution < 1.29 is 0 Å². The average molecular weight is 578 g/mol. The molecule has 1 saturated carbocycles. The van der Waals surface area contributed by atoms with Crippen LogP contribution in [0.4, 0.5) is 0 Å². The van der Waals surface area contributed by atoms with E-state index in [9.17, 15) is 5.41 Å². The minimum absolute atomic E-state index is 0.344. The van der Waals surface area contributed by atoms with Gasteiger partial charge >= 0.3 is 0 Å². The third kappa shape index (κ3) is 7.26. The molecule has 3 fully saturated rings. The Bertz CT molecular complexity index is 1020.